The minimum atomic E-state index is -0.491. The number of aryl methyl sites for hydroxylation is 1. The lowest BCUT2D eigenvalue weighted by atomic mass is 10.1. The van der Waals surface area contributed by atoms with Crippen molar-refractivity contribution < 1.29 is 9.72 Å². The van der Waals surface area contributed by atoms with Crippen LogP contribution in [0.15, 0.2) is 60.3 Å². The lowest BCUT2D eigenvalue weighted by molar-refractivity contribution is -0.384. The number of benzene rings is 2. The van der Waals surface area contributed by atoms with E-state index in [1.54, 1.807) is 6.92 Å². The highest BCUT2D eigenvalue weighted by atomic mass is 16.6. The topological polar surface area (TPSA) is 72.2 Å². The number of non-ortho nitro benzene ring substituents is 1. The molecule has 0 saturated carbocycles. The predicted octanol–water partition coefficient (Wildman–Crippen LogP) is 4.10. The number of para-hydroxylation sites is 1. The summed E-state index contributed by atoms with van der Waals surface area (Å²) in [4.78, 5) is 22.2. The Morgan fingerprint density at radius 3 is 2.36 bits per heavy atom. The van der Waals surface area contributed by atoms with Gasteiger partial charge < -0.3 is 5.32 Å². The molecule has 2 aromatic rings. The Morgan fingerprint density at radius 1 is 1.14 bits per heavy atom. The van der Waals surface area contributed by atoms with Crippen LogP contribution in [0.2, 0.25) is 0 Å². The number of rotatable bonds is 5. The molecule has 5 nitrogen and oxygen atoms in total. The van der Waals surface area contributed by atoms with Crippen LogP contribution >= 0.6 is 0 Å². The zero-order valence-corrected chi connectivity index (χ0v) is 12.4. The van der Waals surface area contributed by atoms with Crippen molar-refractivity contribution >= 4 is 17.2 Å². The standard InChI is InChI=1S/C17H16N2O3/c1-12-5-3-4-6-16(12)18-13(2)11-17(20)14-7-9-15(10-8-14)19(21)22/h3-11,18H,1-2H3/b13-11+. The fraction of sp³-hybridized carbons (Fsp3) is 0.118. The molecule has 0 radical (unpaired) electrons. The maximum atomic E-state index is 12.1. The van der Waals surface area contributed by atoms with E-state index in [0.29, 0.717) is 11.3 Å². The lowest BCUT2D eigenvalue weighted by Gasteiger charge is -2.09. The number of allylic oxidation sites excluding steroid dienone is 2. The van der Waals surface area contributed by atoms with Gasteiger partial charge in [0.1, 0.15) is 0 Å². The molecule has 0 atom stereocenters. The molecule has 0 spiro atoms. The van der Waals surface area contributed by atoms with Crippen molar-refractivity contribution in [3.05, 3.63) is 81.5 Å². The number of anilines is 1. The van der Waals surface area contributed by atoms with Gasteiger partial charge in [-0.15, -0.1) is 0 Å². The molecule has 112 valence electrons. The number of nitrogens with zero attached hydrogens (tertiary/aromatic N) is 1. The summed E-state index contributed by atoms with van der Waals surface area (Å²) in [5.41, 5.74) is 3.11. The minimum absolute atomic E-state index is 0.0321. The highest BCUT2D eigenvalue weighted by Crippen LogP contribution is 2.16. The lowest BCUT2D eigenvalue weighted by Crippen LogP contribution is -2.02. The average molecular weight is 296 g/mol. The Hall–Kier alpha value is -2.95. The molecule has 2 aromatic carbocycles. The van der Waals surface area contributed by atoms with Crippen molar-refractivity contribution in [3.8, 4) is 0 Å². The number of hydrogen-bond acceptors (Lipinski definition) is 4. The van der Waals surface area contributed by atoms with Crippen molar-refractivity contribution in [2.75, 3.05) is 5.32 Å². The second-order valence-electron chi connectivity index (χ2n) is 4.94. The van der Waals surface area contributed by atoms with Gasteiger partial charge in [-0.3, -0.25) is 14.9 Å². The number of nitrogens with one attached hydrogen (secondary N) is 1. The summed E-state index contributed by atoms with van der Waals surface area (Å²) in [6.07, 6.45) is 1.48. The van der Waals surface area contributed by atoms with Gasteiger partial charge in [0, 0.05) is 35.2 Å². The van der Waals surface area contributed by atoms with Crippen molar-refractivity contribution in [1.29, 1.82) is 0 Å². The van der Waals surface area contributed by atoms with E-state index in [1.807, 2.05) is 31.2 Å². The molecule has 0 amide bonds. The smallest absolute Gasteiger partial charge is 0.269 e. The summed E-state index contributed by atoms with van der Waals surface area (Å²) in [6, 6.07) is 13.3. The third-order valence-corrected chi connectivity index (χ3v) is 3.19. The molecule has 0 aromatic heterocycles. The van der Waals surface area contributed by atoms with Crippen LogP contribution in [0.3, 0.4) is 0 Å². The van der Waals surface area contributed by atoms with Gasteiger partial charge in [-0.1, -0.05) is 18.2 Å². The fourth-order valence-electron chi connectivity index (χ4n) is 1.99. The molecule has 0 fully saturated rings. The number of nitro benzene ring substituents is 1. The molecule has 0 aliphatic heterocycles. The van der Waals surface area contributed by atoms with Crippen LogP contribution in [0.5, 0.6) is 0 Å². The van der Waals surface area contributed by atoms with Crippen LogP contribution in [0.1, 0.15) is 22.8 Å². The Bertz CT molecular complexity index is 734. The van der Waals surface area contributed by atoms with Gasteiger partial charge in [0.25, 0.3) is 5.69 Å². The third kappa shape index (κ3) is 3.79. The first-order valence-corrected chi connectivity index (χ1v) is 6.77. The number of ketones is 1. The average Bonchev–Trinajstić information content (AvgIpc) is 2.49. The highest BCUT2D eigenvalue weighted by molar-refractivity contribution is 6.05. The summed E-state index contributed by atoms with van der Waals surface area (Å²) in [7, 11) is 0. The summed E-state index contributed by atoms with van der Waals surface area (Å²) >= 11 is 0. The molecule has 0 aliphatic rings. The molecule has 0 bridgehead atoms. The van der Waals surface area contributed by atoms with Gasteiger partial charge >= 0.3 is 0 Å². The fourth-order valence-corrected chi connectivity index (χ4v) is 1.99. The van der Waals surface area contributed by atoms with E-state index in [1.165, 1.54) is 30.3 Å². The summed E-state index contributed by atoms with van der Waals surface area (Å²) in [5.74, 6) is -0.200. The number of carbonyl (C=O) groups is 1. The second-order valence-corrected chi connectivity index (χ2v) is 4.94. The molecule has 2 rings (SSSR count). The van der Waals surface area contributed by atoms with Crippen LogP contribution in [0, 0.1) is 17.0 Å². The van der Waals surface area contributed by atoms with Crippen LogP contribution < -0.4 is 5.32 Å². The van der Waals surface area contributed by atoms with E-state index in [9.17, 15) is 14.9 Å². The van der Waals surface area contributed by atoms with Crippen LogP contribution in [0.25, 0.3) is 0 Å². The van der Waals surface area contributed by atoms with Gasteiger partial charge in [-0.2, -0.15) is 0 Å². The van der Waals surface area contributed by atoms with Crippen molar-refractivity contribution in [1.82, 2.24) is 0 Å². The molecule has 0 aliphatic carbocycles. The molecular weight excluding hydrogens is 280 g/mol. The Kier molecular flexibility index (Phi) is 4.68. The van der Waals surface area contributed by atoms with E-state index >= 15 is 0 Å². The maximum absolute atomic E-state index is 12.1. The molecule has 0 unspecified atom stereocenters. The first-order valence-electron chi connectivity index (χ1n) is 6.77. The third-order valence-electron chi connectivity index (χ3n) is 3.19. The zero-order valence-electron chi connectivity index (χ0n) is 12.4. The monoisotopic (exact) mass is 296 g/mol. The van der Waals surface area contributed by atoms with Crippen LogP contribution in [0.4, 0.5) is 11.4 Å². The molecule has 0 heterocycles. The normalized spacial score (nSPS) is 11.1. The molecule has 5 heteroatoms. The predicted molar refractivity (Wildman–Crippen MR) is 86.0 cm³/mol. The van der Waals surface area contributed by atoms with Crippen LogP contribution in [-0.2, 0) is 0 Å². The highest BCUT2D eigenvalue weighted by Gasteiger charge is 2.08. The van der Waals surface area contributed by atoms with Crippen molar-refractivity contribution in [3.63, 3.8) is 0 Å². The van der Waals surface area contributed by atoms with Gasteiger partial charge in [0.05, 0.1) is 4.92 Å². The SMILES string of the molecule is C/C(=C\C(=O)c1ccc([N+](=O)[O-])cc1)Nc1ccccc1C. The van der Waals surface area contributed by atoms with Gasteiger partial charge in [0.2, 0.25) is 0 Å². The van der Waals surface area contributed by atoms with Crippen LogP contribution in [-0.4, -0.2) is 10.7 Å². The van der Waals surface area contributed by atoms with E-state index in [4.69, 9.17) is 0 Å². The van der Waals surface area contributed by atoms with E-state index in [2.05, 4.69) is 5.32 Å². The van der Waals surface area contributed by atoms with Gasteiger partial charge in [0.15, 0.2) is 5.78 Å². The zero-order chi connectivity index (χ0) is 16.1. The second kappa shape index (κ2) is 6.67. The number of nitro groups is 1. The summed E-state index contributed by atoms with van der Waals surface area (Å²) in [5, 5.41) is 13.8. The quantitative estimate of drug-likeness (QED) is 0.390. The van der Waals surface area contributed by atoms with E-state index < -0.39 is 4.92 Å². The Morgan fingerprint density at radius 2 is 1.77 bits per heavy atom. The number of carbonyl (C=O) groups excluding carboxylic acids is 1. The molecule has 0 saturated heterocycles. The largest absolute Gasteiger partial charge is 0.359 e. The maximum Gasteiger partial charge on any atom is 0.269 e. The van der Waals surface area contributed by atoms with Gasteiger partial charge in [-0.05, 0) is 37.6 Å². The Balaban J connectivity index is 2.12. The van der Waals surface area contributed by atoms with Crippen molar-refractivity contribution in [2.45, 2.75) is 13.8 Å². The van der Waals surface area contributed by atoms with Crippen molar-refractivity contribution in [2.24, 2.45) is 0 Å². The number of hydrogen-bond donors (Lipinski definition) is 1. The first kappa shape index (κ1) is 15.4. The summed E-state index contributed by atoms with van der Waals surface area (Å²) in [6.45, 7) is 3.78. The molecular formula is C17H16N2O3. The van der Waals surface area contributed by atoms with E-state index in [0.717, 1.165) is 11.3 Å². The van der Waals surface area contributed by atoms with Gasteiger partial charge in [-0.25, -0.2) is 0 Å². The summed E-state index contributed by atoms with van der Waals surface area (Å²) < 4.78 is 0. The first-order chi connectivity index (χ1) is 10.5. The molecule has 22 heavy (non-hydrogen) atoms. The Labute approximate surface area is 128 Å². The molecule has 1 N–H and O–H groups in total. The minimum Gasteiger partial charge on any atom is -0.359 e. The van der Waals surface area contributed by atoms with E-state index in [-0.39, 0.29) is 11.5 Å².